The second-order valence-electron chi connectivity index (χ2n) is 6.09. The zero-order valence-corrected chi connectivity index (χ0v) is 14.0. The van der Waals surface area contributed by atoms with Crippen LogP contribution in [-0.4, -0.2) is 25.2 Å². The molecule has 1 aliphatic rings. The molecule has 1 unspecified atom stereocenters. The number of hydrogen-bond donors (Lipinski definition) is 2. The van der Waals surface area contributed by atoms with Gasteiger partial charge in [0, 0.05) is 17.2 Å². The average molecular weight is 325 g/mol. The molecule has 0 spiro atoms. The van der Waals surface area contributed by atoms with E-state index >= 15 is 0 Å². The Morgan fingerprint density at radius 1 is 1.25 bits per heavy atom. The summed E-state index contributed by atoms with van der Waals surface area (Å²) in [7, 11) is 0. The number of fused-ring (bicyclic) bond motifs is 1. The normalized spacial score (nSPS) is 16.6. The molecule has 0 saturated heterocycles. The van der Waals surface area contributed by atoms with E-state index in [-0.39, 0.29) is 12.0 Å². The molecule has 0 aliphatic carbocycles. The first-order chi connectivity index (χ1) is 11.6. The summed E-state index contributed by atoms with van der Waals surface area (Å²) in [4.78, 5) is 4.44. The molecule has 2 aromatic rings. The van der Waals surface area contributed by atoms with Crippen LogP contribution < -0.4 is 20.5 Å². The van der Waals surface area contributed by atoms with Crippen LogP contribution in [0, 0.1) is 0 Å². The Bertz CT molecular complexity index is 711. The van der Waals surface area contributed by atoms with Crippen LogP contribution in [0.4, 0.5) is 5.69 Å². The molecule has 5 nitrogen and oxygen atoms in total. The van der Waals surface area contributed by atoms with Crippen LogP contribution in [0.2, 0.25) is 0 Å². The lowest BCUT2D eigenvalue weighted by Crippen LogP contribution is -2.23. The lowest BCUT2D eigenvalue weighted by molar-refractivity contribution is 0.242. The van der Waals surface area contributed by atoms with Gasteiger partial charge in [0.05, 0.1) is 19.3 Å². The van der Waals surface area contributed by atoms with Crippen molar-refractivity contribution in [2.24, 2.45) is 10.7 Å². The topological polar surface area (TPSA) is 68.9 Å². The SMILES string of the molecule is CC(C)Oc1ccc(NC(N)=NCC2COc3ccccc32)cc1. The molecule has 5 heteroatoms. The zero-order valence-electron chi connectivity index (χ0n) is 14.0. The standard InChI is InChI=1S/C19H23N3O2/c1-13(2)24-16-9-7-15(8-10-16)22-19(20)21-11-14-12-23-18-6-4-3-5-17(14)18/h3-10,13-14H,11-12H2,1-2H3,(H3,20,21,22). The third kappa shape index (κ3) is 3.98. The van der Waals surface area contributed by atoms with Crippen molar-refractivity contribution in [3.05, 3.63) is 54.1 Å². The van der Waals surface area contributed by atoms with Crippen LogP contribution in [0.15, 0.2) is 53.5 Å². The Kier molecular flexibility index (Phi) is 4.89. The quantitative estimate of drug-likeness (QED) is 0.653. The summed E-state index contributed by atoms with van der Waals surface area (Å²) in [6.07, 6.45) is 0.159. The van der Waals surface area contributed by atoms with Crippen LogP contribution in [-0.2, 0) is 0 Å². The third-order valence-electron chi connectivity index (χ3n) is 3.78. The molecule has 126 valence electrons. The van der Waals surface area contributed by atoms with Crippen molar-refractivity contribution in [3.8, 4) is 11.5 Å². The Morgan fingerprint density at radius 3 is 2.75 bits per heavy atom. The maximum absolute atomic E-state index is 5.99. The first-order valence-corrected chi connectivity index (χ1v) is 8.17. The van der Waals surface area contributed by atoms with Gasteiger partial charge in [-0.25, -0.2) is 0 Å². The van der Waals surface area contributed by atoms with Crippen LogP contribution in [0.3, 0.4) is 0 Å². The van der Waals surface area contributed by atoms with Gasteiger partial charge in [0.1, 0.15) is 11.5 Å². The highest BCUT2D eigenvalue weighted by atomic mass is 16.5. The van der Waals surface area contributed by atoms with Crippen molar-refractivity contribution in [1.29, 1.82) is 0 Å². The van der Waals surface area contributed by atoms with E-state index in [0.29, 0.717) is 19.1 Å². The fourth-order valence-electron chi connectivity index (χ4n) is 2.67. The van der Waals surface area contributed by atoms with Gasteiger partial charge in [-0.1, -0.05) is 18.2 Å². The second kappa shape index (κ2) is 7.25. The fraction of sp³-hybridized carbons (Fsp3) is 0.316. The minimum atomic E-state index is 0.159. The molecular weight excluding hydrogens is 302 g/mol. The van der Waals surface area contributed by atoms with Crippen molar-refractivity contribution in [1.82, 2.24) is 0 Å². The first-order valence-electron chi connectivity index (χ1n) is 8.17. The number of guanidine groups is 1. The predicted octanol–water partition coefficient (Wildman–Crippen LogP) is 3.38. The predicted molar refractivity (Wildman–Crippen MR) is 97.0 cm³/mol. The minimum Gasteiger partial charge on any atom is -0.493 e. The van der Waals surface area contributed by atoms with Gasteiger partial charge < -0.3 is 20.5 Å². The lowest BCUT2D eigenvalue weighted by atomic mass is 10.0. The summed E-state index contributed by atoms with van der Waals surface area (Å²) < 4.78 is 11.3. The Morgan fingerprint density at radius 2 is 2.00 bits per heavy atom. The van der Waals surface area contributed by atoms with E-state index in [0.717, 1.165) is 17.2 Å². The number of nitrogens with two attached hydrogens (primary N) is 1. The molecule has 1 aliphatic heterocycles. The number of nitrogens with zero attached hydrogens (tertiary/aromatic N) is 1. The highest BCUT2D eigenvalue weighted by molar-refractivity contribution is 5.92. The molecule has 3 N–H and O–H groups in total. The van der Waals surface area contributed by atoms with E-state index in [1.54, 1.807) is 0 Å². The molecule has 1 atom stereocenters. The van der Waals surface area contributed by atoms with Crippen molar-refractivity contribution in [2.75, 3.05) is 18.5 Å². The molecule has 0 amide bonds. The summed E-state index contributed by atoms with van der Waals surface area (Å²) in [5.74, 6) is 2.44. The Labute approximate surface area is 142 Å². The average Bonchev–Trinajstić information content (AvgIpc) is 2.98. The van der Waals surface area contributed by atoms with E-state index in [1.165, 1.54) is 5.56 Å². The number of aliphatic imine (C=N–C) groups is 1. The van der Waals surface area contributed by atoms with Gasteiger partial charge in [0.15, 0.2) is 5.96 Å². The smallest absolute Gasteiger partial charge is 0.193 e. The third-order valence-corrected chi connectivity index (χ3v) is 3.78. The molecule has 3 rings (SSSR count). The van der Waals surface area contributed by atoms with Gasteiger partial charge in [-0.3, -0.25) is 4.99 Å². The molecule has 1 heterocycles. The Balaban J connectivity index is 1.57. The molecule has 0 saturated carbocycles. The van der Waals surface area contributed by atoms with Crippen LogP contribution >= 0.6 is 0 Å². The van der Waals surface area contributed by atoms with E-state index in [4.69, 9.17) is 15.2 Å². The van der Waals surface area contributed by atoms with Gasteiger partial charge in [0.25, 0.3) is 0 Å². The van der Waals surface area contributed by atoms with Gasteiger partial charge in [-0.15, -0.1) is 0 Å². The van der Waals surface area contributed by atoms with Crippen LogP contribution in [0.5, 0.6) is 11.5 Å². The molecule has 0 fully saturated rings. The summed E-state index contributed by atoms with van der Waals surface area (Å²) in [6.45, 7) is 5.26. The fourth-order valence-corrected chi connectivity index (χ4v) is 2.67. The molecule has 0 aromatic heterocycles. The molecular formula is C19H23N3O2. The van der Waals surface area contributed by atoms with E-state index in [9.17, 15) is 0 Å². The minimum absolute atomic E-state index is 0.159. The molecule has 0 bridgehead atoms. The summed E-state index contributed by atoms with van der Waals surface area (Å²) >= 11 is 0. The summed E-state index contributed by atoms with van der Waals surface area (Å²) in [5.41, 5.74) is 8.07. The van der Waals surface area contributed by atoms with E-state index < -0.39 is 0 Å². The molecule has 0 radical (unpaired) electrons. The number of ether oxygens (including phenoxy) is 2. The van der Waals surface area contributed by atoms with E-state index in [2.05, 4.69) is 16.4 Å². The maximum atomic E-state index is 5.99. The maximum Gasteiger partial charge on any atom is 0.193 e. The zero-order chi connectivity index (χ0) is 16.9. The van der Waals surface area contributed by atoms with Crippen LogP contribution in [0.25, 0.3) is 0 Å². The number of hydrogen-bond acceptors (Lipinski definition) is 3. The monoisotopic (exact) mass is 325 g/mol. The van der Waals surface area contributed by atoms with Crippen molar-refractivity contribution in [3.63, 3.8) is 0 Å². The van der Waals surface area contributed by atoms with Gasteiger partial charge >= 0.3 is 0 Å². The molecule has 24 heavy (non-hydrogen) atoms. The second-order valence-corrected chi connectivity index (χ2v) is 6.09. The first kappa shape index (κ1) is 16.2. The number of anilines is 1. The van der Waals surface area contributed by atoms with Gasteiger partial charge in [0.2, 0.25) is 0 Å². The van der Waals surface area contributed by atoms with Crippen LogP contribution in [0.1, 0.15) is 25.3 Å². The highest BCUT2D eigenvalue weighted by Gasteiger charge is 2.23. The van der Waals surface area contributed by atoms with Gasteiger partial charge in [-0.05, 0) is 44.2 Å². The number of para-hydroxylation sites is 1. The largest absolute Gasteiger partial charge is 0.493 e. The number of rotatable bonds is 5. The van der Waals surface area contributed by atoms with E-state index in [1.807, 2.05) is 56.3 Å². The highest BCUT2D eigenvalue weighted by Crippen LogP contribution is 2.33. The van der Waals surface area contributed by atoms with Crippen molar-refractivity contribution in [2.45, 2.75) is 25.9 Å². The number of benzene rings is 2. The summed E-state index contributed by atoms with van der Waals surface area (Å²) in [6, 6.07) is 15.7. The van der Waals surface area contributed by atoms with Gasteiger partial charge in [-0.2, -0.15) is 0 Å². The summed E-state index contributed by atoms with van der Waals surface area (Å²) in [5, 5.41) is 3.10. The van der Waals surface area contributed by atoms with Crippen molar-refractivity contribution >= 4 is 11.6 Å². The number of nitrogens with one attached hydrogen (secondary N) is 1. The lowest BCUT2D eigenvalue weighted by Gasteiger charge is -2.11. The molecule has 2 aromatic carbocycles. The Hall–Kier alpha value is -2.69. The van der Waals surface area contributed by atoms with Crippen molar-refractivity contribution < 1.29 is 9.47 Å².